The van der Waals surface area contributed by atoms with Crippen LogP contribution in [0.3, 0.4) is 0 Å². The van der Waals surface area contributed by atoms with E-state index < -0.39 is 6.61 Å². The van der Waals surface area contributed by atoms with Gasteiger partial charge in [-0.3, -0.25) is 4.79 Å². The van der Waals surface area contributed by atoms with E-state index in [1.54, 1.807) is 18.2 Å². The molecule has 3 nitrogen and oxygen atoms in total. The predicted octanol–water partition coefficient (Wildman–Crippen LogP) is 0.752. The summed E-state index contributed by atoms with van der Waals surface area (Å²) in [6.07, 6.45) is 0. The SMILES string of the molecule is Cc1cc(C(=O)CO)ccc1N. The van der Waals surface area contributed by atoms with E-state index in [2.05, 4.69) is 0 Å². The van der Waals surface area contributed by atoms with E-state index >= 15 is 0 Å². The Balaban J connectivity index is 3.05. The fourth-order valence-electron chi connectivity index (χ4n) is 0.940. The summed E-state index contributed by atoms with van der Waals surface area (Å²) in [5, 5.41) is 8.57. The molecule has 0 fully saturated rings. The van der Waals surface area contributed by atoms with Crippen molar-refractivity contribution < 1.29 is 9.90 Å². The van der Waals surface area contributed by atoms with Gasteiger partial charge in [0.1, 0.15) is 6.61 Å². The maximum absolute atomic E-state index is 11.0. The highest BCUT2D eigenvalue weighted by Crippen LogP contribution is 2.12. The predicted molar refractivity (Wildman–Crippen MR) is 47.0 cm³/mol. The standard InChI is InChI=1S/C9H11NO2/c1-6-4-7(9(12)5-11)2-3-8(6)10/h2-4,11H,5,10H2,1H3. The summed E-state index contributed by atoms with van der Waals surface area (Å²) in [6.45, 7) is 1.37. The van der Waals surface area contributed by atoms with Crippen LogP contribution in [0.1, 0.15) is 15.9 Å². The maximum atomic E-state index is 11.0. The molecule has 3 heteroatoms. The summed E-state index contributed by atoms with van der Waals surface area (Å²) < 4.78 is 0. The molecule has 1 aromatic rings. The highest BCUT2D eigenvalue weighted by atomic mass is 16.3. The van der Waals surface area contributed by atoms with Crippen molar-refractivity contribution in [2.75, 3.05) is 12.3 Å². The van der Waals surface area contributed by atoms with Crippen LogP contribution < -0.4 is 5.73 Å². The Morgan fingerprint density at radius 2 is 2.25 bits per heavy atom. The summed E-state index contributed by atoms with van der Waals surface area (Å²) >= 11 is 0. The number of hydrogen-bond donors (Lipinski definition) is 2. The first-order valence-electron chi connectivity index (χ1n) is 3.65. The normalized spacial score (nSPS) is 9.83. The molecule has 0 bridgehead atoms. The van der Waals surface area contributed by atoms with Crippen molar-refractivity contribution in [1.29, 1.82) is 0 Å². The number of aryl methyl sites for hydroxylation is 1. The Bertz CT molecular complexity index is 307. The summed E-state index contributed by atoms with van der Waals surface area (Å²) in [6, 6.07) is 4.95. The fraction of sp³-hybridized carbons (Fsp3) is 0.222. The van der Waals surface area contributed by atoms with Crippen LogP contribution in [0.4, 0.5) is 5.69 Å². The summed E-state index contributed by atoms with van der Waals surface area (Å²) in [4.78, 5) is 11.0. The molecular weight excluding hydrogens is 154 g/mol. The maximum Gasteiger partial charge on any atom is 0.188 e. The number of ketones is 1. The van der Waals surface area contributed by atoms with E-state index in [1.165, 1.54) is 0 Å². The quantitative estimate of drug-likeness (QED) is 0.502. The van der Waals surface area contributed by atoms with Crippen molar-refractivity contribution in [2.24, 2.45) is 0 Å². The lowest BCUT2D eigenvalue weighted by molar-refractivity contribution is 0.0903. The van der Waals surface area contributed by atoms with Crippen molar-refractivity contribution in [3.63, 3.8) is 0 Å². The monoisotopic (exact) mass is 165 g/mol. The van der Waals surface area contributed by atoms with Gasteiger partial charge in [0.2, 0.25) is 0 Å². The molecule has 12 heavy (non-hydrogen) atoms. The minimum atomic E-state index is -0.455. The third-order valence-corrected chi connectivity index (χ3v) is 1.74. The van der Waals surface area contributed by atoms with Gasteiger partial charge in [-0.05, 0) is 30.7 Å². The summed E-state index contributed by atoms with van der Waals surface area (Å²) in [5.41, 5.74) is 7.57. The number of nitrogens with two attached hydrogens (primary N) is 1. The average molecular weight is 165 g/mol. The van der Waals surface area contributed by atoms with Crippen molar-refractivity contribution in [3.8, 4) is 0 Å². The zero-order chi connectivity index (χ0) is 9.14. The Labute approximate surface area is 70.8 Å². The molecule has 64 valence electrons. The number of anilines is 1. The average Bonchev–Trinajstić information content (AvgIpc) is 2.08. The van der Waals surface area contributed by atoms with Gasteiger partial charge in [0.15, 0.2) is 5.78 Å². The van der Waals surface area contributed by atoms with Crippen LogP contribution in [-0.4, -0.2) is 17.5 Å². The Kier molecular flexibility index (Phi) is 2.45. The third-order valence-electron chi connectivity index (χ3n) is 1.74. The number of nitrogen functional groups attached to an aromatic ring is 1. The first kappa shape index (κ1) is 8.74. The van der Waals surface area contributed by atoms with E-state index in [0.717, 1.165) is 5.56 Å². The van der Waals surface area contributed by atoms with Gasteiger partial charge in [-0.2, -0.15) is 0 Å². The highest BCUT2D eigenvalue weighted by molar-refractivity contribution is 5.97. The number of aliphatic hydroxyl groups is 1. The number of carbonyl (C=O) groups is 1. The largest absolute Gasteiger partial charge is 0.399 e. The van der Waals surface area contributed by atoms with E-state index in [0.29, 0.717) is 11.3 Å². The Morgan fingerprint density at radius 1 is 1.58 bits per heavy atom. The molecule has 0 aromatic heterocycles. The molecule has 0 aliphatic rings. The van der Waals surface area contributed by atoms with Crippen LogP contribution in [0, 0.1) is 6.92 Å². The summed E-state index contributed by atoms with van der Waals surface area (Å²) in [7, 11) is 0. The van der Waals surface area contributed by atoms with Crippen LogP contribution in [-0.2, 0) is 0 Å². The lowest BCUT2D eigenvalue weighted by Crippen LogP contribution is -2.04. The summed E-state index contributed by atoms with van der Waals surface area (Å²) in [5.74, 6) is -0.280. The molecule has 0 atom stereocenters. The van der Waals surface area contributed by atoms with E-state index in [-0.39, 0.29) is 5.78 Å². The van der Waals surface area contributed by atoms with Crippen LogP contribution in [0.15, 0.2) is 18.2 Å². The van der Waals surface area contributed by atoms with Gasteiger partial charge in [-0.1, -0.05) is 0 Å². The fourth-order valence-corrected chi connectivity index (χ4v) is 0.940. The van der Waals surface area contributed by atoms with Crippen LogP contribution in [0.25, 0.3) is 0 Å². The second kappa shape index (κ2) is 3.36. The van der Waals surface area contributed by atoms with Crippen LogP contribution in [0.2, 0.25) is 0 Å². The molecule has 0 aliphatic carbocycles. The molecule has 0 radical (unpaired) electrons. The second-order valence-electron chi connectivity index (χ2n) is 2.65. The first-order chi connectivity index (χ1) is 5.65. The topological polar surface area (TPSA) is 63.3 Å². The smallest absolute Gasteiger partial charge is 0.188 e. The van der Waals surface area contributed by atoms with Crippen molar-refractivity contribution in [1.82, 2.24) is 0 Å². The number of rotatable bonds is 2. The lowest BCUT2D eigenvalue weighted by atomic mass is 10.1. The second-order valence-corrected chi connectivity index (χ2v) is 2.65. The molecule has 0 aliphatic heterocycles. The number of hydrogen-bond acceptors (Lipinski definition) is 3. The minimum absolute atomic E-state index is 0.280. The van der Waals surface area contributed by atoms with Gasteiger partial charge in [-0.25, -0.2) is 0 Å². The lowest BCUT2D eigenvalue weighted by Gasteiger charge is -2.01. The van der Waals surface area contributed by atoms with Gasteiger partial charge in [0.25, 0.3) is 0 Å². The molecule has 0 spiro atoms. The number of benzene rings is 1. The molecule has 3 N–H and O–H groups in total. The van der Waals surface area contributed by atoms with Crippen molar-refractivity contribution >= 4 is 11.5 Å². The van der Waals surface area contributed by atoms with Gasteiger partial charge < -0.3 is 10.8 Å². The molecule has 0 unspecified atom stereocenters. The molecule has 0 heterocycles. The number of Topliss-reactive ketones (excluding diaryl/α,β-unsaturated/α-hetero) is 1. The molecule has 1 rings (SSSR count). The van der Waals surface area contributed by atoms with Crippen molar-refractivity contribution in [2.45, 2.75) is 6.92 Å². The van der Waals surface area contributed by atoms with E-state index in [9.17, 15) is 4.79 Å². The molecule has 0 amide bonds. The van der Waals surface area contributed by atoms with Gasteiger partial charge in [0.05, 0.1) is 0 Å². The molecule has 1 aromatic carbocycles. The number of carbonyl (C=O) groups excluding carboxylic acids is 1. The van der Waals surface area contributed by atoms with Crippen LogP contribution in [0.5, 0.6) is 0 Å². The van der Waals surface area contributed by atoms with Gasteiger partial charge >= 0.3 is 0 Å². The highest BCUT2D eigenvalue weighted by Gasteiger charge is 2.04. The first-order valence-corrected chi connectivity index (χ1v) is 3.65. The van der Waals surface area contributed by atoms with Crippen LogP contribution >= 0.6 is 0 Å². The van der Waals surface area contributed by atoms with Crippen molar-refractivity contribution in [3.05, 3.63) is 29.3 Å². The Hall–Kier alpha value is -1.35. The Morgan fingerprint density at radius 3 is 2.75 bits per heavy atom. The minimum Gasteiger partial charge on any atom is -0.399 e. The van der Waals surface area contributed by atoms with E-state index in [4.69, 9.17) is 10.8 Å². The van der Waals surface area contributed by atoms with E-state index in [1.807, 2.05) is 6.92 Å². The molecule has 0 saturated heterocycles. The zero-order valence-electron chi connectivity index (χ0n) is 6.87. The number of aliphatic hydroxyl groups excluding tert-OH is 1. The molecular formula is C9H11NO2. The molecule has 0 saturated carbocycles. The zero-order valence-corrected chi connectivity index (χ0v) is 6.87. The third kappa shape index (κ3) is 1.62. The van der Waals surface area contributed by atoms with Gasteiger partial charge in [0, 0.05) is 11.3 Å². The van der Waals surface area contributed by atoms with Gasteiger partial charge in [-0.15, -0.1) is 0 Å².